The van der Waals surface area contributed by atoms with Crippen LogP contribution in [0.15, 0.2) is 5.16 Å². The summed E-state index contributed by atoms with van der Waals surface area (Å²) in [6.07, 6.45) is 1.89. The van der Waals surface area contributed by atoms with Gasteiger partial charge in [0.05, 0.1) is 18.2 Å². The van der Waals surface area contributed by atoms with Gasteiger partial charge in [-0.25, -0.2) is 14.8 Å². The molecule has 0 saturated carbocycles. The second-order valence-corrected chi connectivity index (χ2v) is 5.31. The van der Waals surface area contributed by atoms with Crippen molar-refractivity contribution in [2.75, 3.05) is 19.1 Å². The molecule has 0 unspecified atom stereocenters. The van der Waals surface area contributed by atoms with E-state index < -0.39 is 5.97 Å². The van der Waals surface area contributed by atoms with Crippen LogP contribution in [0.5, 0.6) is 0 Å². The first-order chi connectivity index (χ1) is 8.51. The lowest BCUT2D eigenvalue weighted by atomic mass is 10.3. The summed E-state index contributed by atoms with van der Waals surface area (Å²) >= 11 is 3.53. The molecule has 2 rings (SSSR count). The number of ether oxygens (including phenoxy) is 1. The Morgan fingerprint density at radius 2 is 2.17 bits per heavy atom. The lowest BCUT2D eigenvalue weighted by Gasteiger charge is -2.02. The van der Waals surface area contributed by atoms with Gasteiger partial charge in [0.2, 0.25) is 0 Å². The summed E-state index contributed by atoms with van der Waals surface area (Å²) in [5.41, 5.74) is 7.29. The minimum Gasteiger partial charge on any atom is -0.464 e. The second-order valence-electron chi connectivity index (χ2n) is 3.51. The van der Waals surface area contributed by atoms with E-state index >= 15 is 0 Å². The van der Waals surface area contributed by atoms with Crippen LogP contribution in [0.4, 0.5) is 5.69 Å². The van der Waals surface area contributed by atoms with E-state index in [0.29, 0.717) is 27.6 Å². The number of nitrogens with zero attached hydrogens (tertiary/aromatic N) is 3. The molecule has 0 aliphatic heterocycles. The number of anilines is 1. The van der Waals surface area contributed by atoms with Gasteiger partial charge in [-0.2, -0.15) is 0 Å². The molecular weight excluding hydrogens is 367 g/mol. The van der Waals surface area contributed by atoms with Crippen molar-refractivity contribution in [1.82, 2.24) is 14.5 Å². The number of nitrogen functional groups attached to an aromatic ring is 1. The molecule has 0 aliphatic carbocycles. The smallest absolute Gasteiger partial charge is 0.356 e. The van der Waals surface area contributed by atoms with Crippen LogP contribution in [0, 0.1) is 3.70 Å². The molecule has 0 fully saturated rings. The zero-order chi connectivity index (χ0) is 13.4. The molecule has 2 N–H and O–H groups in total. The molecular formula is C10H11IN4O2S. The summed E-state index contributed by atoms with van der Waals surface area (Å²) in [6, 6.07) is 0. The number of carbonyl (C=O) groups is 1. The average molecular weight is 378 g/mol. The number of rotatable bonds is 2. The van der Waals surface area contributed by atoms with Gasteiger partial charge in [-0.05, 0) is 28.8 Å². The van der Waals surface area contributed by atoms with Crippen molar-refractivity contribution in [3.05, 3.63) is 9.39 Å². The fourth-order valence-corrected chi connectivity index (χ4v) is 3.00. The van der Waals surface area contributed by atoms with E-state index in [0.717, 1.165) is 3.70 Å². The minimum absolute atomic E-state index is 0.304. The van der Waals surface area contributed by atoms with Crippen molar-refractivity contribution < 1.29 is 9.53 Å². The first-order valence-corrected chi connectivity index (χ1v) is 7.25. The Morgan fingerprint density at radius 1 is 1.50 bits per heavy atom. The fraction of sp³-hybridized carbons (Fsp3) is 0.300. The maximum atomic E-state index is 11.7. The lowest BCUT2D eigenvalue weighted by Crippen LogP contribution is -2.10. The van der Waals surface area contributed by atoms with Crippen LogP contribution >= 0.6 is 34.4 Å². The zero-order valence-electron chi connectivity index (χ0n) is 10.0. The first kappa shape index (κ1) is 13.4. The van der Waals surface area contributed by atoms with Crippen LogP contribution in [0.1, 0.15) is 10.5 Å². The van der Waals surface area contributed by atoms with Gasteiger partial charge in [-0.15, -0.1) is 0 Å². The highest BCUT2D eigenvalue weighted by Crippen LogP contribution is 2.31. The average Bonchev–Trinajstić information content (AvgIpc) is 2.61. The summed E-state index contributed by atoms with van der Waals surface area (Å²) in [5.74, 6) is -0.477. The first-order valence-electron chi connectivity index (χ1n) is 4.95. The highest BCUT2D eigenvalue weighted by molar-refractivity contribution is 14.1. The van der Waals surface area contributed by atoms with Crippen LogP contribution in [-0.4, -0.2) is 33.9 Å². The van der Waals surface area contributed by atoms with Crippen LogP contribution in [0.2, 0.25) is 0 Å². The number of hydrogen-bond acceptors (Lipinski definition) is 6. The molecule has 0 atom stereocenters. The third-order valence-corrected chi connectivity index (χ3v) is 3.89. The van der Waals surface area contributed by atoms with Gasteiger partial charge in [0, 0.05) is 7.05 Å². The quantitative estimate of drug-likeness (QED) is 0.281. The topological polar surface area (TPSA) is 83.0 Å². The Labute approximate surface area is 121 Å². The van der Waals surface area contributed by atoms with Crippen molar-refractivity contribution in [3.8, 4) is 0 Å². The molecule has 0 amide bonds. The molecule has 8 heteroatoms. The molecule has 2 aromatic heterocycles. The molecule has 2 aromatic rings. The van der Waals surface area contributed by atoms with E-state index in [1.54, 1.807) is 11.6 Å². The largest absolute Gasteiger partial charge is 0.464 e. The number of carbonyl (C=O) groups excluding carboxylic acids is 1. The van der Waals surface area contributed by atoms with E-state index in [-0.39, 0.29) is 0 Å². The van der Waals surface area contributed by atoms with E-state index in [4.69, 9.17) is 10.5 Å². The SMILES string of the molecule is COC(=O)c1c(N)c2c(I)nc(SC)nc2n1C. The Bertz CT molecular complexity index is 641. The van der Waals surface area contributed by atoms with Gasteiger partial charge < -0.3 is 15.0 Å². The van der Waals surface area contributed by atoms with Crippen molar-refractivity contribution in [1.29, 1.82) is 0 Å². The predicted molar refractivity (Wildman–Crippen MR) is 78.8 cm³/mol. The zero-order valence-corrected chi connectivity index (χ0v) is 13.0. The summed E-state index contributed by atoms with van der Waals surface area (Å²) in [6.45, 7) is 0. The maximum absolute atomic E-state index is 11.7. The molecule has 18 heavy (non-hydrogen) atoms. The van der Waals surface area contributed by atoms with Gasteiger partial charge in [-0.3, -0.25) is 0 Å². The van der Waals surface area contributed by atoms with Gasteiger partial charge in [0.1, 0.15) is 9.35 Å². The number of aryl methyl sites for hydroxylation is 1. The van der Waals surface area contributed by atoms with Gasteiger partial charge in [0.15, 0.2) is 10.9 Å². The summed E-state index contributed by atoms with van der Waals surface area (Å²) in [7, 11) is 3.06. The van der Waals surface area contributed by atoms with Crippen molar-refractivity contribution in [3.63, 3.8) is 0 Å². The summed E-state index contributed by atoms with van der Waals surface area (Å²) in [5, 5.41) is 1.33. The highest BCUT2D eigenvalue weighted by atomic mass is 127. The van der Waals surface area contributed by atoms with Crippen LogP contribution in [0.3, 0.4) is 0 Å². The predicted octanol–water partition coefficient (Wildman–Crippen LogP) is 1.66. The number of aromatic nitrogens is 3. The van der Waals surface area contributed by atoms with Crippen LogP contribution < -0.4 is 5.73 Å². The summed E-state index contributed by atoms with van der Waals surface area (Å²) in [4.78, 5) is 20.4. The Kier molecular flexibility index (Phi) is 3.66. The molecule has 0 aromatic carbocycles. The minimum atomic E-state index is -0.477. The number of thioether (sulfide) groups is 1. The third kappa shape index (κ3) is 1.92. The molecule has 0 aliphatic rings. The number of esters is 1. The van der Waals surface area contributed by atoms with Crippen LogP contribution in [-0.2, 0) is 11.8 Å². The molecule has 6 nitrogen and oxygen atoms in total. The molecule has 2 heterocycles. The molecule has 96 valence electrons. The third-order valence-electron chi connectivity index (χ3n) is 2.56. The standard InChI is InChI=1S/C10H11IN4O2S/c1-15-6(9(16)17-2)5(12)4-7(11)13-10(18-3)14-8(4)15/h12H2,1-3H3. The maximum Gasteiger partial charge on any atom is 0.356 e. The summed E-state index contributed by atoms with van der Waals surface area (Å²) < 4.78 is 7.09. The normalized spacial score (nSPS) is 10.9. The van der Waals surface area contributed by atoms with Gasteiger partial charge >= 0.3 is 5.97 Å². The number of fused-ring (bicyclic) bond motifs is 1. The highest BCUT2D eigenvalue weighted by Gasteiger charge is 2.23. The van der Waals surface area contributed by atoms with Crippen molar-refractivity contribution in [2.24, 2.45) is 7.05 Å². The van der Waals surface area contributed by atoms with Crippen molar-refractivity contribution >= 4 is 57.0 Å². The van der Waals surface area contributed by atoms with Crippen molar-refractivity contribution in [2.45, 2.75) is 5.16 Å². The van der Waals surface area contributed by atoms with Crippen LogP contribution in [0.25, 0.3) is 11.0 Å². The van der Waals surface area contributed by atoms with Gasteiger partial charge in [0.25, 0.3) is 0 Å². The monoisotopic (exact) mass is 378 g/mol. The molecule has 0 spiro atoms. The second kappa shape index (κ2) is 4.92. The number of hydrogen-bond donors (Lipinski definition) is 1. The molecule has 0 radical (unpaired) electrons. The Hall–Kier alpha value is -1.03. The van der Waals surface area contributed by atoms with Gasteiger partial charge in [-0.1, -0.05) is 11.8 Å². The fourth-order valence-electron chi connectivity index (χ4n) is 1.72. The Balaban J connectivity index is 2.85. The number of methoxy groups -OCH3 is 1. The Morgan fingerprint density at radius 3 is 2.72 bits per heavy atom. The van der Waals surface area contributed by atoms with E-state index in [1.807, 2.05) is 6.26 Å². The lowest BCUT2D eigenvalue weighted by molar-refractivity contribution is 0.0591. The number of halogens is 1. The number of nitrogens with two attached hydrogens (primary N) is 1. The van der Waals surface area contributed by atoms with E-state index in [1.165, 1.54) is 18.9 Å². The molecule has 0 bridgehead atoms. The molecule has 0 saturated heterocycles. The van der Waals surface area contributed by atoms with E-state index in [2.05, 4.69) is 32.6 Å². The van der Waals surface area contributed by atoms with E-state index in [9.17, 15) is 4.79 Å².